The number of fused-ring (bicyclic) bond motifs is 1. The van der Waals surface area contributed by atoms with Crippen LogP contribution < -0.4 is 4.57 Å². The molecule has 29 heavy (non-hydrogen) atoms. The number of para-hydroxylation sites is 2. The van der Waals surface area contributed by atoms with Gasteiger partial charge in [0, 0.05) is 0 Å². The summed E-state index contributed by atoms with van der Waals surface area (Å²) in [6.45, 7) is 0. The maximum atomic E-state index is 10.7. The number of aromatic nitrogens is 2. The quantitative estimate of drug-likeness (QED) is 0.189. The van der Waals surface area contributed by atoms with Gasteiger partial charge in [-0.25, -0.2) is 8.42 Å². The summed E-state index contributed by atoms with van der Waals surface area (Å²) in [7, 11) is -6.09. The van der Waals surface area contributed by atoms with E-state index in [1.165, 1.54) is 20.1 Å². The predicted octanol–water partition coefficient (Wildman–Crippen LogP) is 3.29. The van der Waals surface area contributed by atoms with Crippen LogP contribution in [0.1, 0.15) is 0 Å². The van der Waals surface area contributed by atoms with Crippen molar-refractivity contribution in [3.05, 3.63) is 79.1 Å². The Morgan fingerprint density at radius 1 is 0.897 bits per heavy atom. The van der Waals surface area contributed by atoms with Crippen LogP contribution in [0.25, 0.3) is 25.6 Å². The van der Waals surface area contributed by atoms with Crippen molar-refractivity contribution in [2.45, 2.75) is 5.51 Å². The fourth-order valence-electron chi connectivity index (χ4n) is 2.34. The Morgan fingerprint density at radius 2 is 1.45 bits per heavy atom. The second-order valence-electron chi connectivity index (χ2n) is 5.72. The number of rotatable bonds is 2. The number of halogens is 3. The summed E-state index contributed by atoms with van der Waals surface area (Å²) in [6, 6.07) is 23.1. The van der Waals surface area contributed by atoms with Gasteiger partial charge in [0.2, 0.25) is 0 Å². The van der Waals surface area contributed by atoms with Gasteiger partial charge >= 0.3 is 134 Å². The number of pyridine rings is 1. The Bertz CT molecular complexity index is 1180. The van der Waals surface area contributed by atoms with Crippen LogP contribution in [0.2, 0.25) is 0 Å². The van der Waals surface area contributed by atoms with Gasteiger partial charge in [-0.3, -0.25) is 0 Å². The van der Waals surface area contributed by atoms with Crippen LogP contribution in [0.4, 0.5) is 13.2 Å². The maximum absolute atomic E-state index is 10.7. The van der Waals surface area contributed by atoms with E-state index in [-0.39, 0.29) is 0 Å². The van der Waals surface area contributed by atoms with E-state index in [0.717, 1.165) is 5.52 Å². The molecule has 0 aliphatic rings. The molecule has 150 valence electrons. The first-order chi connectivity index (χ1) is 13.6. The molecule has 0 aliphatic carbocycles. The molecule has 0 atom stereocenters. The SMILES string of the molecule is O=S(=O)([O-])C(F)(F)F.c1ccc(-[n+]2ccc(-c3nc4ccccc4[se]3)cc2)cc1. The molecular formula is C19H13F3N2O3SSe. The average molecular weight is 485 g/mol. The standard InChI is InChI=1S/C18H13N2Se.CHF3O3S/c1-2-6-15(7-3-1)20-12-10-14(11-13-20)18-19-16-8-4-5-9-17(16)21-18;2-1(3,4)8(5,6)7/h1-13H;(H,5,6,7)/q+1;/p-1. The number of nitrogens with zero attached hydrogens (tertiary/aromatic N) is 2. The van der Waals surface area contributed by atoms with Gasteiger partial charge in [0.05, 0.1) is 0 Å². The number of benzene rings is 2. The molecule has 0 unspecified atom stereocenters. The van der Waals surface area contributed by atoms with E-state index < -0.39 is 15.6 Å². The minimum atomic E-state index is -6.09. The molecule has 10 heteroatoms. The summed E-state index contributed by atoms with van der Waals surface area (Å²) < 4.78 is 63.6. The van der Waals surface area contributed by atoms with Crippen molar-refractivity contribution in [3.8, 4) is 15.8 Å². The van der Waals surface area contributed by atoms with Gasteiger partial charge in [-0.1, -0.05) is 0 Å². The van der Waals surface area contributed by atoms with Crippen LogP contribution in [-0.4, -0.2) is 38.0 Å². The average Bonchev–Trinajstić information content (AvgIpc) is 3.12. The fourth-order valence-corrected chi connectivity index (χ4v) is 4.37. The van der Waals surface area contributed by atoms with Crippen LogP contribution in [0.5, 0.6) is 0 Å². The second kappa shape index (κ2) is 8.46. The van der Waals surface area contributed by atoms with E-state index in [0.29, 0.717) is 14.5 Å². The zero-order valence-electron chi connectivity index (χ0n) is 14.6. The van der Waals surface area contributed by atoms with Crippen LogP contribution >= 0.6 is 0 Å². The second-order valence-corrected chi connectivity index (χ2v) is 9.25. The van der Waals surface area contributed by atoms with Crippen molar-refractivity contribution >= 4 is 34.4 Å². The van der Waals surface area contributed by atoms with Gasteiger partial charge in [-0.2, -0.15) is 13.2 Å². The van der Waals surface area contributed by atoms with E-state index in [4.69, 9.17) is 18.0 Å². The summed E-state index contributed by atoms with van der Waals surface area (Å²) in [6.07, 6.45) is 4.21. The topological polar surface area (TPSA) is 74.0 Å². The van der Waals surface area contributed by atoms with Gasteiger partial charge in [0.15, 0.2) is 10.1 Å². The van der Waals surface area contributed by atoms with E-state index in [2.05, 4.69) is 77.6 Å². The van der Waals surface area contributed by atoms with Crippen molar-refractivity contribution < 1.29 is 30.7 Å². The number of hydrogen-bond acceptors (Lipinski definition) is 4. The van der Waals surface area contributed by atoms with E-state index in [9.17, 15) is 13.2 Å². The molecule has 0 saturated carbocycles. The Hall–Kier alpha value is -2.52. The van der Waals surface area contributed by atoms with Gasteiger partial charge < -0.3 is 4.55 Å². The molecule has 2 aromatic heterocycles. The van der Waals surface area contributed by atoms with E-state index in [1.807, 2.05) is 6.07 Å². The third-order valence-corrected chi connectivity index (χ3v) is 6.55. The monoisotopic (exact) mass is 486 g/mol. The number of alkyl halides is 3. The third-order valence-electron chi connectivity index (χ3n) is 3.71. The van der Waals surface area contributed by atoms with Crippen molar-refractivity contribution in [1.82, 2.24) is 4.98 Å². The Morgan fingerprint density at radius 3 is 2.00 bits per heavy atom. The molecule has 5 nitrogen and oxygen atoms in total. The van der Waals surface area contributed by atoms with E-state index in [1.54, 1.807) is 0 Å². The predicted molar refractivity (Wildman–Crippen MR) is 101 cm³/mol. The molecule has 0 saturated heterocycles. The molecule has 0 aliphatic heterocycles. The van der Waals surface area contributed by atoms with Crippen molar-refractivity contribution in [2.75, 3.05) is 0 Å². The van der Waals surface area contributed by atoms with Crippen LogP contribution in [0.15, 0.2) is 79.1 Å². The molecular weight excluding hydrogens is 472 g/mol. The van der Waals surface area contributed by atoms with Crippen molar-refractivity contribution in [3.63, 3.8) is 0 Å². The molecule has 0 radical (unpaired) electrons. The van der Waals surface area contributed by atoms with Gasteiger partial charge in [0.1, 0.15) is 0 Å². The Kier molecular flexibility index (Phi) is 6.18. The summed E-state index contributed by atoms with van der Waals surface area (Å²) in [4.78, 5) is 4.76. The minimum absolute atomic E-state index is 0.315. The zero-order chi connectivity index (χ0) is 21.1. The fraction of sp³-hybridized carbons (Fsp3) is 0.0526. The summed E-state index contributed by atoms with van der Waals surface area (Å²) in [5, 5.41) is 0. The first-order valence-corrected chi connectivity index (χ1v) is 11.2. The van der Waals surface area contributed by atoms with Gasteiger partial charge in [-0.15, -0.1) is 0 Å². The summed E-state index contributed by atoms with van der Waals surface area (Å²) >= 11 is 0.315. The molecule has 0 amide bonds. The molecule has 2 heterocycles. The first kappa shape index (κ1) is 21.2. The van der Waals surface area contributed by atoms with Crippen LogP contribution in [0.3, 0.4) is 0 Å². The molecule has 0 fully saturated rings. The van der Waals surface area contributed by atoms with E-state index >= 15 is 0 Å². The molecule has 2 aromatic carbocycles. The number of hydrogen-bond donors (Lipinski definition) is 0. The van der Waals surface area contributed by atoms with Crippen LogP contribution in [-0.2, 0) is 10.1 Å². The Labute approximate surface area is 170 Å². The third kappa shape index (κ3) is 5.30. The Balaban J connectivity index is 0.000000258. The summed E-state index contributed by atoms with van der Waals surface area (Å²) in [5.74, 6) is 0. The molecule has 4 rings (SSSR count). The molecule has 4 aromatic rings. The molecule has 0 spiro atoms. The summed E-state index contributed by atoms with van der Waals surface area (Å²) in [5.41, 5.74) is -2.12. The molecule has 0 bridgehead atoms. The molecule has 0 N–H and O–H groups in total. The van der Waals surface area contributed by atoms with Gasteiger partial charge in [-0.05, 0) is 0 Å². The first-order valence-electron chi connectivity index (χ1n) is 8.10. The van der Waals surface area contributed by atoms with Crippen molar-refractivity contribution in [1.29, 1.82) is 0 Å². The van der Waals surface area contributed by atoms with Crippen LogP contribution in [0, 0.1) is 0 Å². The van der Waals surface area contributed by atoms with Crippen molar-refractivity contribution in [2.24, 2.45) is 0 Å². The van der Waals surface area contributed by atoms with Gasteiger partial charge in [0.25, 0.3) is 0 Å². The normalized spacial score (nSPS) is 11.7. The zero-order valence-corrected chi connectivity index (χ0v) is 17.1.